The van der Waals surface area contributed by atoms with Crippen LogP contribution in [0, 0.1) is 0 Å². The fraction of sp³-hybridized carbons (Fsp3) is 0.269. The highest BCUT2D eigenvalue weighted by Crippen LogP contribution is 2.46. The van der Waals surface area contributed by atoms with Gasteiger partial charge in [0.1, 0.15) is 17.7 Å². The smallest absolute Gasteiger partial charge is 0.243 e. The number of fused-ring (bicyclic) bond motifs is 1. The van der Waals surface area contributed by atoms with Crippen molar-refractivity contribution in [2.75, 3.05) is 19.4 Å². The third-order valence-electron chi connectivity index (χ3n) is 5.64. The summed E-state index contributed by atoms with van der Waals surface area (Å²) in [6.45, 7) is 3.66. The number of aliphatic hydroxyl groups is 2. The van der Waals surface area contributed by atoms with Crippen molar-refractivity contribution in [3.8, 4) is 28.2 Å². The first-order valence-electron chi connectivity index (χ1n) is 10.9. The Morgan fingerprint density at radius 2 is 1.76 bits per heavy atom. The maximum Gasteiger partial charge on any atom is 0.243 e. The zero-order valence-corrected chi connectivity index (χ0v) is 19.2. The molecule has 7 nitrogen and oxygen atoms in total. The van der Waals surface area contributed by atoms with Gasteiger partial charge in [0, 0.05) is 18.2 Å². The molecule has 1 unspecified atom stereocenters. The average molecular weight is 448 g/mol. The van der Waals surface area contributed by atoms with Crippen LogP contribution in [0.1, 0.15) is 20.3 Å². The van der Waals surface area contributed by atoms with Gasteiger partial charge < -0.3 is 24.7 Å². The van der Waals surface area contributed by atoms with E-state index in [4.69, 9.17) is 9.15 Å². The zero-order chi connectivity index (χ0) is 23.6. The standard InChI is InChI=1S/C26H29N3O4/c1-5-26(30,31)28-20-15-16-27-25-23(20)22(18-11-7-6-8-12-18)24(33-25)19-13-9-10-14-21(19)32-17(2)29(3)4/h6-17,30-31H,5H2,1-4H3,(H,27,28). The number of benzene rings is 2. The Morgan fingerprint density at radius 3 is 2.45 bits per heavy atom. The van der Waals surface area contributed by atoms with Crippen LogP contribution < -0.4 is 10.1 Å². The number of aromatic nitrogens is 1. The van der Waals surface area contributed by atoms with Gasteiger partial charge in [0.05, 0.1) is 16.6 Å². The van der Waals surface area contributed by atoms with Crippen molar-refractivity contribution in [1.82, 2.24) is 9.88 Å². The number of nitrogens with zero attached hydrogens (tertiary/aromatic N) is 2. The summed E-state index contributed by atoms with van der Waals surface area (Å²) in [6, 6.07) is 19.2. The summed E-state index contributed by atoms with van der Waals surface area (Å²) in [5.41, 5.74) is 3.39. The lowest BCUT2D eigenvalue weighted by atomic mass is 9.98. The molecule has 172 valence electrons. The van der Waals surface area contributed by atoms with Crippen LogP contribution in [-0.4, -0.2) is 46.3 Å². The van der Waals surface area contributed by atoms with Crippen LogP contribution in [0.4, 0.5) is 5.69 Å². The Morgan fingerprint density at radius 1 is 1.06 bits per heavy atom. The van der Waals surface area contributed by atoms with Crippen LogP contribution in [0.15, 0.2) is 71.3 Å². The van der Waals surface area contributed by atoms with Crippen LogP contribution in [0.25, 0.3) is 33.6 Å². The van der Waals surface area contributed by atoms with Gasteiger partial charge in [0.2, 0.25) is 11.6 Å². The molecule has 7 heteroatoms. The van der Waals surface area contributed by atoms with E-state index in [2.05, 4.69) is 10.3 Å². The van der Waals surface area contributed by atoms with E-state index in [1.807, 2.05) is 80.5 Å². The number of para-hydroxylation sites is 1. The predicted octanol–water partition coefficient (Wildman–Crippen LogP) is 4.91. The van der Waals surface area contributed by atoms with Gasteiger partial charge in [-0.15, -0.1) is 0 Å². The molecule has 0 saturated heterocycles. The molecular weight excluding hydrogens is 418 g/mol. The van der Waals surface area contributed by atoms with E-state index < -0.39 is 5.91 Å². The molecule has 0 fully saturated rings. The molecule has 2 heterocycles. The molecule has 4 rings (SSSR count). The van der Waals surface area contributed by atoms with Crippen LogP contribution in [0.3, 0.4) is 0 Å². The largest absolute Gasteiger partial charge is 0.475 e. The number of ether oxygens (including phenoxy) is 1. The topological polar surface area (TPSA) is 91.0 Å². The van der Waals surface area contributed by atoms with E-state index in [-0.39, 0.29) is 12.6 Å². The minimum absolute atomic E-state index is 0.0985. The molecule has 0 aliphatic rings. The molecule has 2 aromatic heterocycles. The predicted molar refractivity (Wildman–Crippen MR) is 130 cm³/mol. The summed E-state index contributed by atoms with van der Waals surface area (Å²) in [7, 11) is 3.91. The number of hydrogen-bond acceptors (Lipinski definition) is 7. The third-order valence-corrected chi connectivity index (χ3v) is 5.64. The quantitative estimate of drug-likeness (QED) is 0.331. The van der Waals surface area contributed by atoms with Crippen LogP contribution in [0.5, 0.6) is 5.75 Å². The molecule has 0 bridgehead atoms. The Labute approximate surface area is 193 Å². The molecular formula is C26H29N3O4. The lowest BCUT2D eigenvalue weighted by molar-refractivity contribution is -0.137. The molecule has 0 aliphatic heterocycles. The Kier molecular flexibility index (Phi) is 6.37. The average Bonchev–Trinajstić information content (AvgIpc) is 3.20. The number of hydrogen-bond donors (Lipinski definition) is 3. The van der Waals surface area contributed by atoms with Crippen molar-refractivity contribution < 1.29 is 19.4 Å². The number of anilines is 1. The summed E-state index contributed by atoms with van der Waals surface area (Å²) in [6.07, 6.45) is 1.52. The van der Waals surface area contributed by atoms with Crippen molar-refractivity contribution in [3.05, 3.63) is 66.9 Å². The minimum Gasteiger partial charge on any atom is -0.475 e. The van der Waals surface area contributed by atoms with Crippen LogP contribution in [-0.2, 0) is 0 Å². The van der Waals surface area contributed by atoms with Crippen molar-refractivity contribution in [1.29, 1.82) is 0 Å². The highest BCUT2D eigenvalue weighted by Gasteiger charge is 2.27. The molecule has 0 saturated carbocycles. The molecule has 3 N–H and O–H groups in total. The third kappa shape index (κ3) is 4.71. The van der Waals surface area contributed by atoms with Crippen molar-refractivity contribution in [2.45, 2.75) is 32.4 Å². The first-order valence-corrected chi connectivity index (χ1v) is 10.9. The SMILES string of the molecule is CCC(O)(O)Nc1ccnc2oc(-c3ccccc3OC(C)N(C)C)c(-c3ccccc3)c12. The maximum absolute atomic E-state index is 10.3. The van der Waals surface area contributed by atoms with E-state index in [9.17, 15) is 10.2 Å². The highest BCUT2D eigenvalue weighted by molar-refractivity contribution is 6.07. The molecule has 1 atom stereocenters. The fourth-order valence-electron chi connectivity index (χ4n) is 3.55. The van der Waals surface area contributed by atoms with E-state index in [1.54, 1.807) is 19.2 Å². The van der Waals surface area contributed by atoms with Crippen molar-refractivity contribution >= 4 is 16.8 Å². The molecule has 2 aromatic carbocycles. The van der Waals surface area contributed by atoms with E-state index in [0.717, 1.165) is 16.7 Å². The Hall–Kier alpha value is -3.39. The number of pyridine rings is 1. The van der Waals surface area contributed by atoms with Crippen molar-refractivity contribution in [2.24, 2.45) is 0 Å². The number of furan rings is 1. The zero-order valence-electron chi connectivity index (χ0n) is 19.2. The van der Waals surface area contributed by atoms with Crippen molar-refractivity contribution in [3.63, 3.8) is 0 Å². The Bertz CT molecular complexity index is 1240. The number of nitrogens with one attached hydrogen (secondary N) is 1. The summed E-state index contributed by atoms with van der Waals surface area (Å²) >= 11 is 0. The summed E-state index contributed by atoms with van der Waals surface area (Å²) in [5, 5.41) is 24.1. The van der Waals surface area contributed by atoms with Crippen LogP contribution in [0.2, 0.25) is 0 Å². The summed E-state index contributed by atoms with van der Waals surface area (Å²) in [4.78, 5) is 6.41. The first-order chi connectivity index (χ1) is 15.8. The highest BCUT2D eigenvalue weighted by atomic mass is 16.5. The molecule has 33 heavy (non-hydrogen) atoms. The molecule has 0 radical (unpaired) electrons. The van der Waals surface area contributed by atoms with Gasteiger partial charge in [0.15, 0.2) is 0 Å². The molecule has 4 aromatic rings. The van der Waals surface area contributed by atoms with Gasteiger partial charge in [-0.3, -0.25) is 4.90 Å². The van der Waals surface area contributed by atoms with Gasteiger partial charge in [-0.25, -0.2) is 4.98 Å². The minimum atomic E-state index is -2.07. The molecule has 0 amide bonds. The van der Waals surface area contributed by atoms with E-state index >= 15 is 0 Å². The number of rotatable bonds is 8. The summed E-state index contributed by atoms with van der Waals surface area (Å²) < 4.78 is 12.5. The summed E-state index contributed by atoms with van der Waals surface area (Å²) in [5.74, 6) is -0.795. The van der Waals surface area contributed by atoms with Crippen LogP contribution >= 0.6 is 0 Å². The molecule has 0 aliphatic carbocycles. The second-order valence-electron chi connectivity index (χ2n) is 8.18. The van der Waals surface area contributed by atoms with Gasteiger partial charge >= 0.3 is 0 Å². The Balaban J connectivity index is 1.98. The van der Waals surface area contributed by atoms with Gasteiger partial charge in [-0.1, -0.05) is 49.4 Å². The van der Waals surface area contributed by atoms with E-state index in [0.29, 0.717) is 28.3 Å². The van der Waals surface area contributed by atoms with Gasteiger partial charge in [-0.05, 0) is 44.8 Å². The first kappa shape index (κ1) is 22.8. The lowest BCUT2D eigenvalue weighted by Gasteiger charge is -2.23. The van der Waals surface area contributed by atoms with Gasteiger partial charge in [-0.2, -0.15) is 0 Å². The lowest BCUT2D eigenvalue weighted by Crippen LogP contribution is -2.36. The second kappa shape index (κ2) is 9.23. The monoisotopic (exact) mass is 447 g/mol. The van der Waals surface area contributed by atoms with Gasteiger partial charge in [0.25, 0.3) is 0 Å². The fourth-order valence-corrected chi connectivity index (χ4v) is 3.55. The normalized spacial score (nSPS) is 12.8. The molecule has 0 spiro atoms. The maximum atomic E-state index is 10.3. The van der Waals surface area contributed by atoms with E-state index in [1.165, 1.54) is 0 Å². The second-order valence-corrected chi connectivity index (χ2v) is 8.18.